The first-order valence-corrected chi connectivity index (χ1v) is 8.12. The highest BCUT2D eigenvalue weighted by Crippen LogP contribution is 2.52. The third-order valence-electron chi connectivity index (χ3n) is 5.56. The number of phenolic OH excluding ortho intramolecular Hbond substituents is 1. The highest BCUT2D eigenvalue weighted by atomic mass is 16.5. The highest BCUT2D eigenvalue weighted by molar-refractivity contribution is 5.80. The Hall–Kier alpha value is -1.55. The summed E-state index contributed by atoms with van der Waals surface area (Å²) in [7, 11) is 3.73. The van der Waals surface area contributed by atoms with E-state index in [1.54, 1.807) is 7.11 Å². The second kappa shape index (κ2) is 5.58. The molecule has 1 N–H and O–H groups in total. The molecule has 4 heteroatoms. The van der Waals surface area contributed by atoms with Gasteiger partial charge in [-0.15, -0.1) is 0 Å². The summed E-state index contributed by atoms with van der Waals surface area (Å²) in [6, 6.07) is 4.35. The van der Waals surface area contributed by atoms with E-state index in [9.17, 15) is 9.90 Å². The molecular weight excluding hydrogens is 278 g/mol. The molecule has 0 amide bonds. The lowest BCUT2D eigenvalue weighted by molar-refractivity contribution is -0.120. The summed E-state index contributed by atoms with van der Waals surface area (Å²) in [6.07, 6.45) is 3.89. The van der Waals surface area contributed by atoms with Gasteiger partial charge in [0.2, 0.25) is 0 Å². The van der Waals surface area contributed by atoms with Crippen LogP contribution in [0.2, 0.25) is 0 Å². The van der Waals surface area contributed by atoms with Crippen LogP contribution in [0, 0.1) is 0 Å². The fourth-order valence-corrected chi connectivity index (χ4v) is 4.28. The number of ketones is 1. The van der Waals surface area contributed by atoms with Gasteiger partial charge >= 0.3 is 0 Å². The number of rotatable bonds is 4. The van der Waals surface area contributed by atoms with Crippen molar-refractivity contribution in [2.75, 3.05) is 20.7 Å². The Kier molecular flexibility index (Phi) is 3.89. The van der Waals surface area contributed by atoms with Crippen LogP contribution in [-0.2, 0) is 16.6 Å². The molecule has 1 aromatic carbocycles. The van der Waals surface area contributed by atoms with E-state index in [4.69, 9.17) is 4.74 Å². The number of benzene rings is 1. The number of Topliss-reactive ketones (excluding diaryl/α,β-unsaturated/α-hetero) is 1. The van der Waals surface area contributed by atoms with Gasteiger partial charge in [-0.25, -0.2) is 0 Å². The lowest BCUT2D eigenvalue weighted by Crippen LogP contribution is -2.52. The number of piperidine rings is 1. The second-order valence-corrected chi connectivity index (χ2v) is 6.79. The average molecular weight is 303 g/mol. The summed E-state index contributed by atoms with van der Waals surface area (Å²) in [5.74, 6) is 1.03. The van der Waals surface area contributed by atoms with Crippen LogP contribution in [0.25, 0.3) is 0 Å². The van der Waals surface area contributed by atoms with Crippen LogP contribution in [0.4, 0.5) is 0 Å². The van der Waals surface area contributed by atoms with Gasteiger partial charge in [-0.3, -0.25) is 4.79 Å². The van der Waals surface area contributed by atoms with E-state index < -0.39 is 0 Å². The molecule has 2 atom stereocenters. The number of nitrogens with zero attached hydrogens (tertiary/aromatic N) is 1. The van der Waals surface area contributed by atoms with Gasteiger partial charge in [0.25, 0.3) is 0 Å². The Balaban J connectivity index is 2.13. The van der Waals surface area contributed by atoms with Crippen molar-refractivity contribution in [1.29, 1.82) is 0 Å². The number of carbonyl (C=O) groups is 1. The van der Waals surface area contributed by atoms with Gasteiger partial charge in [-0.2, -0.15) is 0 Å². The summed E-state index contributed by atoms with van der Waals surface area (Å²) < 4.78 is 5.30. The molecule has 1 aliphatic carbocycles. The smallest absolute Gasteiger partial charge is 0.161 e. The van der Waals surface area contributed by atoms with E-state index in [1.165, 1.54) is 5.56 Å². The van der Waals surface area contributed by atoms with Gasteiger partial charge < -0.3 is 14.7 Å². The fraction of sp³-hybridized carbons (Fsp3) is 0.611. The Labute approximate surface area is 132 Å². The van der Waals surface area contributed by atoms with E-state index >= 15 is 0 Å². The summed E-state index contributed by atoms with van der Waals surface area (Å²) in [4.78, 5) is 14.6. The Morgan fingerprint density at radius 1 is 1.50 bits per heavy atom. The number of carbonyl (C=O) groups excluding carboxylic acids is 1. The Morgan fingerprint density at radius 2 is 2.27 bits per heavy atom. The number of aromatic hydroxyl groups is 1. The molecule has 1 aromatic rings. The number of hydrogen-bond acceptors (Lipinski definition) is 4. The van der Waals surface area contributed by atoms with E-state index in [1.807, 2.05) is 13.0 Å². The Morgan fingerprint density at radius 3 is 2.95 bits per heavy atom. The summed E-state index contributed by atoms with van der Waals surface area (Å²) >= 11 is 0. The minimum absolute atomic E-state index is 0.226. The minimum Gasteiger partial charge on any atom is -0.504 e. The summed E-state index contributed by atoms with van der Waals surface area (Å²) in [5, 5.41) is 10.7. The third-order valence-corrected chi connectivity index (χ3v) is 5.56. The van der Waals surface area contributed by atoms with E-state index in [0.717, 1.165) is 31.4 Å². The zero-order valence-corrected chi connectivity index (χ0v) is 13.7. The molecule has 1 heterocycles. The maximum Gasteiger partial charge on any atom is 0.161 e. The van der Waals surface area contributed by atoms with Crippen molar-refractivity contribution in [2.24, 2.45) is 0 Å². The first-order chi connectivity index (χ1) is 10.5. The first-order valence-electron chi connectivity index (χ1n) is 8.12. The summed E-state index contributed by atoms with van der Waals surface area (Å²) in [6.45, 7) is 2.89. The number of likely N-dealkylation sites (N-methyl/N-ethyl adjacent to an activating group) is 1. The molecule has 4 nitrogen and oxygen atoms in total. The second-order valence-electron chi connectivity index (χ2n) is 6.79. The van der Waals surface area contributed by atoms with Crippen molar-refractivity contribution in [1.82, 2.24) is 4.90 Å². The molecule has 1 fully saturated rings. The van der Waals surface area contributed by atoms with Crippen LogP contribution in [0.3, 0.4) is 0 Å². The molecule has 1 saturated heterocycles. The van der Waals surface area contributed by atoms with Gasteiger partial charge in [-0.1, -0.05) is 13.0 Å². The fourth-order valence-electron chi connectivity index (χ4n) is 4.28. The molecule has 2 aliphatic rings. The molecule has 3 rings (SSSR count). The monoisotopic (exact) mass is 303 g/mol. The maximum atomic E-state index is 12.2. The van der Waals surface area contributed by atoms with E-state index in [2.05, 4.69) is 18.0 Å². The summed E-state index contributed by atoms with van der Waals surface area (Å²) in [5.41, 5.74) is 1.92. The quantitative estimate of drug-likeness (QED) is 0.929. The third kappa shape index (κ3) is 2.30. The van der Waals surface area contributed by atoms with Crippen LogP contribution in [0.5, 0.6) is 11.5 Å². The van der Waals surface area contributed by atoms with Gasteiger partial charge in [0.15, 0.2) is 11.5 Å². The lowest BCUT2D eigenvalue weighted by Gasteiger charge is -2.50. The number of ether oxygens (including phenoxy) is 1. The van der Waals surface area contributed by atoms with Crippen molar-refractivity contribution in [3.05, 3.63) is 23.3 Å². The van der Waals surface area contributed by atoms with Gasteiger partial charge in [0.1, 0.15) is 5.78 Å². The van der Waals surface area contributed by atoms with E-state index in [-0.39, 0.29) is 16.9 Å². The van der Waals surface area contributed by atoms with Gasteiger partial charge in [0, 0.05) is 29.9 Å². The first kappa shape index (κ1) is 15.3. The normalized spacial score (nSPS) is 27.3. The standard InChI is InChI=1S/C18H25NO3/c1-4-14(20)11-18-7-8-19(2)13(10-18)9-12-5-6-15(22-3)17(21)16(12)18/h5-6,13,21H,4,7-11H2,1-3H3/t13-,18-/m1/s1. The van der Waals surface area contributed by atoms with E-state index in [0.29, 0.717) is 24.6 Å². The molecule has 0 saturated carbocycles. The molecule has 120 valence electrons. The van der Waals surface area contributed by atoms with Gasteiger partial charge in [0.05, 0.1) is 7.11 Å². The topological polar surface area (TPSA) is 49.8 Å². The van der Waals surface area contributed by atoms with Crippen LogP contribution >= 0.6 is 0 Å². The maximum absolute atomic E-state index is 12.2. The molecule has 1 aliphatic heterocycles. The van der Waals surface area contributed by atoms with Crippen LogP contribution < -0.4 is 4.74 Å². The van der Waals surface area contributed by atoms with Crippen molar-refractivity contribution >= 4 is 5.78 Å². The number of likely N-dealkylation sites (tertiary alicyclic amines) is 1. The molecule has 0 radical (unpaired) electrons. The molecule has 0 aromatic heterocycles. The van der Waals surface area contributed by atoms with Crippen molar-refractivity contribution < 1.29 is 14.6 Å². The molecule has 2 bridgehead atoms. The zero-order chi connectivity index (χ0) is 15.9. The lowest BCUT2D eigenvalue weighted by atomic mass is 9.61. The van der Waals surface area contributed by atoms with Crippen molar-refractivity contribution in [2.45, 2.75) is 50.5 Å². The highest BCUT2D eigenvalue weighted by Gasteiger charge is 2.47. The van der Waals surface area contributed by atoms with Crippen LogP contribution in [0.15, 0.2) is 12.1 Å². The van der Waals surface area contributed by atoms with Crippen molar-refractivity contribution in [3.63, 3.8) is 0 Å². The number of methoxy groups -OCH3 is 1. The zero-order valence-electron chi connectivity index (χ0n) is 13.7. The van der Waals surface area contributed by atoms with Crippen molar-refractivity contribution in [3.8, 4) is 11.5 Å². The Bertz CT molecular complexity index is 598. The molecular formula is C18H25NO3. The average Bonchev–Trinajstić information content (AvgIpc) is 2.51. The number of phenols is 1. The van der Waals surface area contributed by atoms with Crippen LogP contribution in [-0.4, -0.2) is 42.5 Å². The van der Waals surface area contributed by atoms with Gasteiger partial charge in [-0.05, 0) is 44.5 Å². The predicted molar refractivity (Wildman–Crippen MR) is 85.6 cm³/mol. The predicted octanol–water partition coefficient (Wildman–Crippen LogP) is 2.66. The number of fused-ring (bicyclic) bond motifs is 4. The molecule has 0 unspecified atom stereocenters. The molecule has 0 spiro atoms. The van der Waals surface area contributed by atoms with Crippen LogP contribution in [0.1, 0.15) is 43.7 Å². The largest absolute Gasteiger partial charge is 0.504 e. The SMILES string of the molecule is CCC(=O)C[C@]12CCN(C)[C@H](Cc3ccc(OC)c(O)c31)C2. The number of hydrogen-bond donors (Lipinski definition) is 1. The molecule has 22 heavy (non-hydrogen) atoms. The minimum atomic E-state index is -0.226.